The van der Waals surface area contributed by atoms with Gasteiger partial charge in [-0.2, -0.15) is 4.98 Å². The standard InChI is InChI=1S/C23H17N5O/c29-22(17-11-5-2-6-12-17)25-23-24-21-20(26-27-23)18-13-7-8-14-19(18)28(21)15-16-9-3-1-4-10-16/h1-14H,15H2,(H,24,25,27,29). The van der Waals surface area contributed by atoms with Gasteiger partial charge >= 0.3 is 0 Å². The largest absolute Gasteiger partial charge is 0.319 e. The summed E-state index contributed by atoms with van der Waals surface area (Å²) < 4.78 is 2.10. The van der Waals surface area contributed by atoms with Crippen LogP contribution in [0.25, 0.3) is 22.1 Å². The van der Waals surface area contributed by atoms with E-state index in [1.807, 2.05) is 60.7 Å². The second kappa shape index (κ2) is 7.16. The number of hydrogen-bond donors (Lipinski definition) is 1. The minimum Gasteiger partial charge on any atom is -0.319 e. The summed E-state index contributed by atoms with van der Waals surface area (Å²) in [6.07, 6.45) is 0. The molecule has 0 aliphatic carbocycles. The van der Waals surface area contributed by atoms with Crippen molar-refractivity contribution in [2.45, 2.75) is 6.54 Å². The molecule has 140 valence electrons. The summed E-state index contributed by atoms with van der Waals surface area (Å²) in [4.78, 5) is 17.1. The predicted molar refractivity (Wildman–Crippen MR) is 113 cm³/mol. The molecule has 0 unspecified atom stereocenters. The number of benzene rings is 3. The Morgan fingerprint density at radius 3 is 2.31 bits per heavy atom. The summed E-state index contributed by atoms with van der Waals surface area (Å²) in [6, 6.07) is 27.2. The van der Waals surface area contributed by atoms with Crippen LogP contribution in [0.5, 0.6) is 0 Å². The molecule has 0 spiro atoms. The maximum absolute atomic E-state index is 12.5. The first-order chi connectivity index (χ1) is 14.3. The van der Waals surface area contributed by atoms with Crippen LogP contribution in [0.2, 0.25) is 0 Å². The van der Waals surface area contributed by atoms with Crippen LogP contribution < -0.4 is 5.32 Å². The fraction of sp³-hybridized carbons (Fsp3) is 0.0435. The molecule has 29 heavy (non-hydrogen) atoms. The van der Waals surface area contributed by atoms with Gasteiger partial charge in [0.25, 0.3) is 11.9 Å². The van der Waals surface area contributed by atoms with Crippen molar-refractivity contribution in [3.63, 3.8) is 0 Å². The highest BCUT2D eigenvalue weighted by Gasteiger charge is 2.16. The van der Waals surface area contributed by atoms with E-state index in [4.69, 9.17) is 0 Å². The third-order valence-electron chi connectivity index (χ3n) is 4.82. The number of nitrogens with one attached hydrogen (secondary N) is 1. The van der Waals surface area contributed by atoms with Gasteiger partial charge in [0.15, 0.2) is 5.65 Å². The number of hydrogen-bond acceptors (Lipinski definition) is 4. The molecule has 3 aromatic carbocycles. The molecule has 0 atom stereocenters. The highest BCUT2D eigenvalue weighted by atomic mass is 16.1. The summed E-state index contributed by atoms with van der Waals surface area (Å²) in [5.41, 5.74) is 4.13. The molecule has 6 heteroatoms. The first kappa shape index (κ1) is 17.1. The van der Waals surface area contributed by atoms with Crippen molar-refractivity contribution >= 4 is 33.9 Å². The summed E-state index contributed by atoms with van der Waals surface area (Å²) >= 11 is 0. The van der Waals surface area contributed by atoms with E-state index in [9.17, 15) is 4.79 Å². The van der Waals surface area contributed by atoms with Crippen LogP contribution in [-0.4, -0.2) is 25.7 Å². The average molecular weight is 379 g/mol. The zero-order chi connectivity index (χ0) is 19.6. The molecule has 0 aliphatic rings. The first-order valence-electron chi connectivity index (χ1n) is 9.31. The molecule has 0 radical (unpaired) electrons. The number of carbonyl (C=O) groups is 1. The summed E-state index contributed by atoms with van der Waals surface area (Å²) in [5.74, 6) is -0.0825. The van der Waals surface area contributed by atoms with Gasteiger partial charge in [0.1, 0.15) is 5.52 Å². The molecule has 2 heterocycles. The van der Waals surface area contributed by atoms with Crippen molar-refractivity contribution in [1.82, 2.24) is 19.7 Å². The Morgan fingerprint density at radius 1 is 0.828 bits per heavy atom. The van der Waals surface area contributed by atoms with Gasteiger partial charge in [0.2, 0.25) is 0 Å². The van der Waals surface area contributed by atoms with Crippen LogP contribution in [0.4, 0.5) is 5.95 Å². The van der Waals surface area contributed by atoms with Crippen molar-refractivity contribution in [2.24, 2.45) is 0 Å². The van der Waals surface area contributed by atoms with E-state index in [1.165, 1.54) is 0 Å². The van der Waals surface area contributed by atoms with Crippen molar-refractivity contribution in [3.05, 3.63) is 96.1 Å². The molecule has 5 aromatic rings. The molecule has 0 saturated carbocycles. The summed E-state index contributed by atoms with van der Waals surface area (Å²) in [5, 5.41) is 12.2. The Kier molecular flexibility index (Phi) is 4.22. The predicted octanol–water partition coefficient (Wildman–Crippen LogP) is 4.28. The normalized spacial score (nSPS) is 11.0. The highest BCUT2D eigenvalue weighted by molar-refractivity contribution is 6.06. The summed E-state index contributed by atoms with van der Waals surface area (Å²) in [6.45, 7) is 0.648. The van der Waals surface area contributed by atoms with E-state index >= 15 is 0 Å². The fourth-order valence-corrected chi connectivity index (χ4v) is 3.45. The quantitative estimate of drug-likeness (QED) is 0.506. The van der Waals surface area contributed by atoms with Crippen LogP contribution in [0, 0.1) is 0 Å². The van der Waals surface area contributed by atoms with E-state index < -0.39 is 0 Å². The molecule has 6 nitrogen and oxygen atoms in total. The second-order valence-electron chi connectivity index (χ2n) is 6.72. The van der Waals surface area contributed by atoms with Crippen LogP contribution in [0.1, 0.15) is 15.9 Å². The van der Waals surface area contributed by atoms with Gasteiger partial charge in [0.05, 0.1) is 5.52 Å². The van der Waals surface area contributed by atoms with Crippen LogP contribution in [-0.2, 0) is 6.54 Å². The zero-order valence-electron chi connectivity index (χ0n) is 15.5. The number of nitrogens with zero attached hydrogens (tertiary/aromatic N) is 4. The zero-order valence-corrected chi connectivity index (χ0v) is 15.5. The number of anilines is 1. The molecular formula is C23H17N5O. The summed E-state index contributed by atoms with van der Waals surface area (Å²) in [7, 11) is 0. The minimum absolute atomic E-state index is 0.184. The Bertz CT molecular complexity index is 1310. The number of para-hydroxylation sites is 1. The third kappa shape index (κ3) is 3.21. The molecule has 1 amide bonds. The lowest BCUT2D eigenvalue weighted by Gasteiger charge is -2.08. The molecule has 0 saturated heterocycles. The molecular weight excluding hydrogens is 362 g/mol. The van der Waals surface area contributed by atoms with E-state index in [1.54, 1.807) is 12.1 Å². The van der Waals surface area contributed by atoms with Gasteiger partial charge < -0.3 is 4.57 Å². The number of amides is 1. The van der Waals surface area contributed by atoms with Gasteiger partial charge in [-0.3, -0.25) is 10.1 Å². The SMILES string of the molecule is O=C(Nc1nnc2c3ccccc3n(Cc3ccccc3)c2n1)c1ccccc1. The number of aromatic nitrogens is 4. The average Bonchev–Trinajstić information content (AvgIpc) is 3.08. The molecule has 0 fully saturated rings. The van der Waals surface area contributed by atoms with Crippen LogP contribution >= 0.6 is 0 Å². The van der Waals surface area contributed by atoms with Crippen molar-refractivity contribution in [1.29, 1.82) is 0 Å². The lowest BCUT2D eigenvalue weighted by molar-refractivity contribution is 0.102. The topological polar surface area (TPSA) is 72.7 Å². The van der Waals surface area contributed by atoms with E-state index in [0.29, 0.717) is 23.3 Å². The fourth-order valence-electron chi connectivity index (χ4n) is 3.45. The van der Waals surface area contributed by atoms with Crippen LogP contribution in [0.3, 0.4) is 0 Å². The Morgan fingerprint density at radius 2 is 1.52 bits per heavy atom. The molecule has 2 aromatic heterocycles. The molecule has 1 N–H and O–H groups in total. The third-order valence-corrected chi connectivity index (χ3v) is 4.82. The van der Waals surface area contributed by atoms with Crippen molar-refractivity contribution < 1.29 is 4.79 Å². The lowest BCUT2D eigenvalue weighted by Crippen LogP contribution is -2.15. The van der Waals surface area contributed by atoms with Crippen LogP contribution in [0.15, 0.2) is 84.9 Å². The second-order valence-corrected chi connectivity index (χ2v) is 6.72. The van der Waals surface area contributed by atoms with Gasteiger partial charge in [-0.05, 0) is 23.8 Å². The Hall–Kier alpha value is -4.06. The number of rotatable bonds is 4. The minimum atomic E-state index is -0.266. The van der Waals surface area contributed by atoms with Crippen molar-refractivity contribution in [3.8, 4) is 0 Å². The van der Waals surface area contributed by atoms with Gasteiger partial charge in [-0.25, -0.2) is 0 Å². The van der Waals surface area contributed by atoms with Gasteiger partial charge in [-0.1, -0.05) is 66.7 Å². The van der Waals surface area contributed by atoms with E-state index in [-0.39, 0.29) is 11.9 Å². The highest BCUT2D eigenvalue weighted by Crippen LogP contribution is 2.27. The van der Waals surface area contributed by atoms with Crippen molar-refractivity contribution in [2.75, 3.05) is 5.32 Å². The van der Waals surface area contributed by atoms with Gasteiger partial charge in [-0.15, -0.1) is 10.2 Å². The molecule has 0 bridgehead atoms. The van der Waals surface area contributed by atoms with Gasteiger partial charge in [0, 0.05) is 17.5 Å². The number of carbonyl (C=O) groups excluding carboxylic acids is 1. The maximum Gasteiger partial charge on any atom is 0.258 e. The Labute approximate surface area is 166 Å². The molecule has 5 rings (SSSR count). The first-order valence-corrected chi connectivity index (χ1v) is 9.31. The molecule has 0 aliphatic heterocycles. The monoisotopic (exact) mass is 379 g/mol. The number of fused-ring (bicyclic) bond motifs is 3. The smallest absolute Gasteiger partial charge is 0.258 e. The van der Waals surface area contributed by atoms with E-state index in [0.717, 1.165) is 16.5 Å². The Balaban J connectivity index is 1.60. The van der Waals surface area contributed by atoms with E-state index in [2.05, 4.69) is 37.2 Å². The lowest BCUT2D eigenvalue weighted by atomic mass is 10.2. The maximum atomic E-state index is 12.5.